The van der Waals surface area contributed by atoms with Crippen molar-refractivity contribution in [2.45, 2.75) is 19.4 Å². The molecular formula is C14H19NO2. The van der Waals surface area contributed by atoms with Gasteiger partial charge in [-0.3, -0.25) is 4.79 Å². The zero-order valence-electron chi connectivity index (χ0n) is 10.3. The summed E-state index contributed by atoms with van der Waals surface area (Å²) >= 11 is 0. The number of rotatable bonds is 5. The minimum Gasteiger partial charge on any atom is -0.465 e. The predicted molar refractivity (Wildman–Crippen MR) is 66.5 cm³/mol. The second-order valence-corrected chi connectivity index (χ2v) is 4.67. The Balaban J connectivity index is 1.74. The number of hydrogen-bond acceptors (Lipinski definition) is 3. The molecule has 92 valence electrons. The predicted octanol–water partition coefficient (Wildman–Crippen LogP) is 2.07. The van der Waals surface area contributed by atoms with Gasteiger partial charge in [0.05, 0.1) is 12.5 Å². The molecule has 0 saturated carbocycles. The molecule has 1 fully saturated rings. The number of benzene rings is 1. The van der Waals surface area contributed by atoms with Crippen LogP contribution in [0.2, 0.25) is 0 Å². The molecule has 1 aliphatic rings. The van der Waals surface area contributed by atoms with Crippen LogP contribution in [0.3, 0.4) is 0 Å². The molecule has 0 bridgehead atoms. The van der Waals surface area contributed by atoms with Crippen molar-refractivity contribution in [1.82, 2.24) is 4.90 Å². The lowest BCUT2D eigenvalue weighted by Gasteiger charge is -2.17. The van der Waals surface area contributed by atoms with Gasteiger partial charge in [0, 0.05) is 6.54 Å². The summed E-state index contributed by atoms with van der Waals surface area (Å²) in [4.78, 5) is 13.6. The van der Waals surface area contributed by atoms with E-state index in [2.05, 4.69) is 36.2 Å². The smallest absolute Gasteiger partial charge is 0.309 e. The molecule has 3 heteroatoms. The summed E-state index contributed by atoms with van der Waals surface area (Å²) in [5.74, 6) is 0.103. The molecule has 0 spiro atoms. The summed E-state index contributed by atoms with van der Waals surface area (Å²) in [6.07, 6.45) is 1.79. The first-order chi connectivity index (χ1) is 8.25. The second-order valence-electron chi connectivity index (χ2n) is 4.67. The van der Waals surface area contributed by atoms with E-state index in [9.17, 15) is 4.79 Å². The SMILES string of the molecule is CN(CCC1CCOC1=O)Cc1ccccc1. The van der Waals surface area contributed by atoms with Gasteiger partial charge in [0.15, 0.2) is 0 Å². The summed E-state index contributed by atoms with van der Waals surface area (Å²) < 4.78 is 4.96. The summed E-state index contributed by atoms with van der Waals surface area (Å²) in [6, 6.07) is 10.4. The van der Waals surface area contributed by atoms with E-state index in [0.29, 0.717) is 6.61 Å². The first-order valence-electron chi connectivity index (χ1n) is 6.15. The highest BCUT2D eigenvalue weighted by Gasteiger charge is 2.26. The lowest BCUT2D eigenvalue weighted by Crippen LogP contribution is -2.22. The number of hydrogen-bond donors (Lipinski definition) is 0. The summed E-state index contributed by atoms with van der Waals surface area (Å²) in [7, 11) is 2.09. The standard InChI is InChI=1S/C14H19NO2/c1-15(11-12-5-3-2-4-6-12)9-7-13-8-10-17-14(13)16/h2-6,13H,7-11H2,1H3. The van der Waals surface area contributed by atoms with Crippen LogP contribution in [-0.2, 0) is 16.1 Å². The molecule has 1 heterocycles. The number of cyclic esters (lactones) is 1. The molecule has 1 aromatic carbocycles. The average Bonchev–Trinajstić information content (AvgIpc) is 2.74. The van der Waals surface area contributed by atoms with Crippen LogP contribution < -0.4 is 0 Å². The van der Waals surface area contributed by atoms with Gasteiger partial charge < -0.3 is 9.64 Å². The molecule has 2 rings (SSSR count). The Morgan fingerprint density at radius 3 is 2.76 bits per heavy atom. The van der Waals surface area contributed by atoms with Gasteiger partial charge in [-0.25, -0.2) is 0 Å². The van der Waals surface area contributed by atoms with Crippen molar-refractivity contribution in [1.29, 1.82) is 0 Å². The van der Waals surface area contributed by atoms with Gasteiger partial charge in [-0.2, -0.15) is 0 Å². The Kier molecular flexibility index (Phi) is 4.15. The van der Waals surface area contributed by atoms with Crippen molar-refractivity contribution in [3.8, 4) is 0 Å². The second kappa shape index (κ2) is 5.82. The Bertz CT molecular complexity index is 364. The van der Waals surface area contributed by atoms with E-state index in [1.165, 1.54) is 5.56 Å². The van der Waals surface area contributed by atoms with E-state index in [4.69, 9.17) is 4.74 Å². The first-order valence-corrected chi connectivity index (χ1v) is 6.15. The number of carbonyl (C=O) groups excluding carboxylic acids is 1. The molecule has 1 aromatic rings. The molecule has 1 saturated heterocycles. The maximum Gasteiger partial charge on any atom is 0.309 e. The van der Waals surface area contributed by atoms with E-state index in [-0.39, 0.29) is 11.9 Å². The van der Waals surface area contributed by atoms with Crippen LogP contribution in [-0.4, -0.2) is 31.1 Å². The highest BCUT2D eigenvalue weighted by Crippen LogP contribution is 2.18. The first kappa shape index (κ1) is 12.1. The molecule has 0 radical (unpaired) electrons. The van der Waals surface area contributed by atoms with Crippen molar-refractivity contribution in [3.63, 3.8) is 0 Å². The number of nitrogens with zero attached hydrogens (tertiary/aromatic N) is 1. The molecule has 1 aliphatic heterocycles. The van der Waals surface area contributed by atoms with Gasteiger partial charge in [-0.1, -0.05) is 30.3 Å². The Morgan fingerprint density at radius 1 is 1.35 bits per heavy atom. The Labute approximate surface area is 102 Å². The largest absolute Gasteiger partial charge is 0.465 e. The minimum absolute atomic E-state index is 0.0156. The number of esters is 1. The van der Waals surface area contributed by atoms with Crippen LogP contribution in [0.4, 0.5) is 0 Å². The fraction of sp³-hybridized carbons (Fsp3) is 0.500. The Morgan fingerprint density at radius 2 is 2.12 bits per heavy atom. The van der Waals surface area contributed by atoms with Crippen molar-refractivity contribution in [3.05, 3.63) is 35.9 Å². The van der Waals surface area contributed by atoms with Crippen LogP contribution in [0.1, 0.15) is 18.4 Å². The summed E-state index contributed by atoms with van der Waals surface area (Å²) in [5, 5.41) is 0. The monoisotopic (exact) mass is 233 g/mol. The van der Waals surface area contributed by atoms with Crippen LogP contribution in [0, 0.1) is 5.92 Å². The van der Waals surface area contributed by atoms with Crippen LogP contribution >= 0.6 is 0 Å². The van der Waals surface area contributed by atoms with E-state index in [1.807, 2.05) is 6.07 Å². The fourth-order valence-electron chi connectivity index (χ4n) is 2.15. The molecule has 17 heavy (non-hydrogen) atoms. The highest BCUT2D eigenvalue weighted by atomic mass is 16.5. The van der Waals surface area contributed by atoms with Crippen molar-refractivity contribution >= 4 is 5.97 Å². The van der Waals surface area contributed by atoms with Crippen molar-refractivity contribution in [2.75, 3.05) is 20.2 Å². The van der Waals surface area contributed by atoms with Crippen LogP contribution in [0.15, 0.2) is 30.3 Å². The molecule has 3 nitrogen and oxygen atoms in total. The van der Waals surface area contributed by atoms with Gasteiger partial charge in [-0.05, 0) is 32.0 Å². The van der Waals surface area contributed by atoms with Crippen LogP contribution in [0.25, 0.3) is 0 Å². The molecule has 0 aromatic heterocycles. The highest BCUT2D eigenvalue weighted by molar-refractivity contribution is 5.74. The molecule has 1 unspecified atom stereocenters. The maximum atomic E-state index is 11.3. The third-order valence-corrected chi connectivity index (χ3v) is 3.20. The van der Waals surface area contributed by atoms with Crippen molar-refractivity contribution in [2.24, 2.45) is 5.92 Å². The summed E-state index contributed by atoms with van der Waals surface area (Å²) in [5.41, 5.74) is 1.31. The normalized spacial score (nSPS) is 19.6. The van der Waals surface area contributed by atoms with Gasteiger partial charge in [-0.15, -0.1) is 0 Å². The number of carbonyl (C=O) groups is 1. The zero-order chi connectivity index (χ0) is 12.1. The minimum atomic E-state index is -0.0156. The van der Waals surface area contributed by atoms with Crippen LogP contribution in [0.5, 0.6) is 0 Å². The van der Waals surface area contributed by atoms with Crippen molar-refractivity contribution < 1.29 is 9.53 Å². The lowest BCUT2D eigenvalue weighted by molar-refractivity contribution is -0.141. The molecule has 0 amide bonds. The third-order valence-electron chi connectivity index (χ3n) is 3.20. The third kappa shape index (κ3) is 3.56. The zero-order valence-corrected chi connectivity index (χ0v) is 10.3. The maximum absolute atomic E-state index is 11.3. The molecule has 0 aliphatic carbocycles. The summed E-state index contributed by atoms with van der Waals surface area (Å²) in [6.45, 7) is 2.48. The number of ether oxygens (including phenoxy) is 1. The fourth-order valence-corrected chi connectivity index (χ4v) is 2.15. The van der Waals surface area contributed by atoms with E-state index >= 15 is 0 Å². The average molecular weight is 233 g/mol. The molecular weight excluding hydrogens is 214 g/mol. The molecule has 0 N–H and O–H groups in total. The Hall–Kier alpha value is -1.35. The van der Waals surface area contributed by atoms with Gasteiger partial charge in [0.1, 0.15) is 0 Å². The lowest BCUT2D eigenvalue weighted by atomic mass is 10.0. The van der Waals surface area contributed by atoms with E-state index in [1.54, 1.807) is 0 Å². The van der Waals surface area contributed by atoms with E-state index < -0.39 is 0 Å². The van der Waals surface area contributed by atoms with Gasteiger partial charge in [0.25, 0.3) is 0 Å². The van der Waals surface area contributed by atoms with E-state index in [0.717, 1.165) is 25.9 Å². The topological polar surface area (TPSA) is 29.5 Å². The molecule has 1 atom stereocenters. The van der Waals surface area contributed by atoms with Gasteiger partial charge in [0.2, 0.25) is 0 Å². The van der Waals surface area contributed by atoms with Gasteiger partial charge >= 0.3 is 5.97 Å². The quantitative estimate of drug-likeness (QED) is 0.729.